The molecule has 0 bridgehead atoms. The van der Waals surface area contributed by atoms with Crippen molar-refractivity contribution in [1.29, 1.82) is 10.5 Å². The van der Waals surface area contributed by atoms with Gasteiger partial charge in [-0.25, -0.2) is 4.98 Å². The Kier molecular flexibility index (Phi) is 8.02. The highest BCUT2D eigenvalue weighted by molar-refractivity contribution is 5.63. The molecule has 0 saturated heterocycles. The van der Waals surface area contributed by atoms with E-state index in [0.717, 1.165) is 28.1 Å². The predicted molar refractivity (Wildman–Crippen MR) is 130 cm³/mol. The van der Waals surface area contributed by atoms with Gasteiger partial charge in [-0.05, 0) is 73.0 Å². The van der Waals surface area contributed by atoms with Crippen molar-refractivity contribution in [3.8, 4) is 23.6 Å². The van der Waals surface area contributed by atoms with Crippen LogP contribution in [0.5, 0.6) is 11.5 Å². The van der Waals surface area contributed by atoms with Gasteiger partial charge in [-0.2, -0.15) is 10.5 Å². The molecule has 0 unspecified atom stereocenters. The van der Waals surface area contributed by atoms with Gasteiger partial charge in [0.2, 0.25) is 0 Å². The fourth-order valence-electron chi connectivity index (χ4n) is 3.27. The molecule has 7 heteroatoms. The summed E-state index contributed by atoms with van der Waals surface area (Å²) in [6.07, 6.45) is 3.23. The zero-order valence-corrected chi connectivity index (χ0v) is 18.8. The van der Waals surface area contributed by atoms with E-state index in [2.05, 4.69) is 21.7 Å². The summed E-state index contributed by atoms with van der Waals surface area (Å²) in [5.41, 5.74) is 4.26. The number of benzene rings is 2. The third-order valence-corrected chi connectivity index (χ3v) is 4.75. The Labute approximate surface area is 193 Å². The standard InChI is InChI=1S/C26H25N5O2/c1-18-13-21(5-4-10-27)14-19(2)26(18)33-23-15-24(29-11-12-32-3)31-25(16-23)30-22-8-6-20(17-28)7-9-22/h4-9,13-16H,11-12H2,1-3H3,(H2,29,30,31)/b5-4+. The van der Waals surface area contributed by atoms with Crippen LogP contribution in [0.3, 0.4) is 0 Å². The van der Waals surface area contributed by atoms with Crippen LogP contribution in [0.25, 0.3) is 6.08 Å². The third kappa shape index (κ3) is 6.57. The van der Waals surface area contributed by atoms with Gasteiger partial charge in [0.05, 0.1) is 24.3 Å². The van der Waals surface area contributed by atoms with E-state index in [-0.39, 0.29) is 0 Å². The summed E-state index contributed by atoms with van der Waals surface area (Å²) < 4.78 is 11.4. The van der Waals surface area contributed by atoms with Crippen molar-refractivity contribution < 1.29 is 9.47 Å². The molecule has 0 aliphatic rings. The van der Waals surface area contributed by atoms with Crippen LogP contribution < -0.4 is 15.4 Å². The molecule has 0 aliphatic heterocycles. The molecule has 0 saturated carbocycles. The summed E-state index contributed by atoms with van der Waals surface area (Å²) in [5.74, 6) is 2.61. The number of aryl methyl sites for hydroxylation is 2. The molecule has 0 aliphatic carbocycles. The second-order valence-electron chi connectivity index (χ2n) is 7.36. The predicted octanol–water partition coefficient (Wildman–Crippen LogP) is 5.70. The van der Waals surface area contributed by atoms with Crippen molar-refractivity contribution in [2.75, 3.05) is 30.9 Å². The van der Waals surface area contributed by atoms with Crippen molar-refractivity contribution in [3.63, 3.8) is 0 Å². The summed E-state index contributed by atoms with van der Waals surface area (Å²) in [7, 11) is 1.65. The molecule has 1 heterocycles. The lowest BCUT2D eigenvalue weighted by Crippen LogP contribution is -2.09. The number of aromatic nitrogens is 1. The highest BCUT2D eigenvalue weighted by Gasteiger charge is 2.10. The van der Waals surface area contributed by atoms with E-state index in [1.165, 1.54) is 6.08 Å². The number of hydrogen-bond donors (Lipinski definition) is 2. The van der Waals surface area contributed by atoms with E-state index in [0.29, 0.717) is 36.1 Å². The molecule has 0 radical (unpaired) electrons. The number of nitriles is 2. The lowest BCUT2D eigenvalue weighted by Gasteiger charge is -2.16. The number of nitrogens with one attached hydrogen (secondary N) is 2. The minimum absolute atomic E-state index is 0.543. The van der Waals surface area contributed by atoms with E-state index in [9.17, 15) is 0 Å². The summed E-state index contributed by atoms with van der Waals surface area (Å²) in [6.45, 7) is 5.09. The monoisotopic (exact) mass is 439 g/mol. The summed E-state index contributed by atoms with van der Waals surface area (Å²) in [4.78, 5) is 4.61. The summed E-state index contributed by atoms with van der Waals surface area (Å²) >= 11 is 0. The molecule has 1 aromatic heterocycles. The Hall–Kier alpha value is -4.33. The number of pyridine rings is 1. The molecule has 166 valence electrons. The van der Waals surface area contributed by atoms with Crippen LogP contribution in [0.4, 0.5) is 17.3 Å². The number of methoxy groups -OCH3 is 1. The van der Waals surface area contributed by atoms with E-state index in [1.807, 2.05) is 56.3 Å². The second kappa shape index (κ2) is 11.3. The van der Waals surface area contributed by atoms with Gasteiger partial charge in [0, 0.05) is 37.6 Å². The molecule has 0 spiro atoms. The van der Waals surface area contributed by atoms with Crippen LogP contribution in [0.15, 0.2) is 54.6 Å². The van der Waals surface area contributed by atoms with Crippen LogP contribution in [0.2, 0.25) is 0 Å². The van der Waals surface area contributed by atoms with E-state index in [1.54, 1.807) is 25.3 Å². The lowest BCUT2D eigenvalue weighted by molar-refractivity contribution is 0.210. The maximum atomic E-state index is 9.00. The van der Waals surface area contributed by atoms with Gasteiger partial charge in [-0.1, -0.05) is 0 Å². The quantitative estimate of drug-likeness (QED) is 0.325. The van der Waals surface area contributed by atoms with Gasteiger partial charge in [0.1, 0.15) is 23.1 Å². The first-order valence-corrected chi connectivity index (χ1v) is 10.4. The smallest absolute Gasteiger partial charge is 0.136 e. The van der Waals surface area contributed by atoms with E-state index < -0.39 is 0 Å². The highest BCUT2D eigenvalue weighted by Crippen LogP contribution is 2.33. The first-order chi connectivity index (χ1) is 16.0. The number of nitrogens with zero attached hydrogens (tertiary/aromatic N) is 3. The molecule has 0 fully saturated rings. The Morgan fingerprint density at radius 3 is 2.33 bits per heavy atom. The highest BCUT2D eigenvalue weighted by atomic mass is 16.5. The fourth-order valence-corrected chi connectivity index (χ4v) is 3.27. The van der Waals surface area contributed by atoms with Crippen molar-refractivity contribution in [2.45, 2.75) is 13.8 Å². The second-order valence-corrected chi connectivity index (χ2v) is 7.36. The Morgan fingerprint density at radius 1 is 1.00 bits per heavy atom. The minimum atomic E-state index is 0.543. The van der Waals surface area contributed by atoms with Crippen LogP contribution >= 0.6 is 0 Å². The number of anilines is 3. The molecule has 3 rings (SSSR count). The zero-order valence-electron chi connectivity index (χ0n) is 18.8. The maximum absolute atomic E-state index is 9.00. The largest absolute Gasteiger partial charge is 0.457 e. The first-order valence-electron chi connectivity index (χ1n) is 10.4. The average Bonchev–Trinajstić information content (AvgIpc) is 2.81. The van der Waals surface area contributed by atoms with Gasteiger partial charge in [-0.3, -0.25) is 0 Å². The molecular formula is C26H25N5O2. The van der Waals surface area contributed by atoms with Crippen LogP contribution in [-0.4, -0.2) is 25.2 Å². The number of ether oxygens (including phenoxy) is 2. The molecule has 2 N–H and O–H groups in total. The normalized spacial score (nSPS) is 10.5. The molecule has 0 amide bonds. The number of hydrogen-bond acceptors (Lipinski definition) is 7. The van der Waals surface area contributed by atoms with Crippen molar-refractivity contribution >= 4 is 23.4 Å². The fraction of sp³-hybridized carbons (Fsp3) is 0.192. The van der Waals surface area contributed by atoms with Crippen LogP contribution in [0, 0.1) is 36.5 Å². The third-order valence-electron chi connectivity index (χ3n) is 4.75. The maximum Gasteiger partial charge on any atom is 0.136 e. The van der Waals surface area contributed by atoms with Crippen molar-refractivity contribution in [3.05, 3.63) is 76.9 Å². The molecule has 0 atom stereocenters. The average molecular weight is 440 g/mol. The van der Waals surface area contributed by atoms with E-state index >= 15 is 0 Å². The topological polar surface area (TPSA) is 103 Å². The van der Waals surface area contributed by atoms with Gasteiger partial charge < -0.3 is 20.1 Å². The van der Waals surface area contributed by atoms with Crippen LogP contribution in [0.1, 0.15) is 22.3 Å². The molecule has 7 nitrogen and oxygen atoms in total. The molecule has 3 aromatic rings. The van der Waals surface area contributed by atoms with Gasteiger partial charge >= 0.3 is 0 Å². The zero-order chi connectivity index (χ0) is 23.6. The Balaban J connectivity index is 1.90. The number of allylic oxidation sites excluding steroid dienone is 1. The van der Waals surface area contributed by atoms with Gasteiger partial charge in [0.15, 0.2) is 0 Å². The van der Waals surface area contributed by atoms with Gasteiger partial charge in [-0.15, -0.1) is 0 Å². The first kappa shape index (κ1) is 23.3. The molecule has 33 heavy (non-hydrogen) atoms. The molecular weight excluding hydrogens is 414 g/mol. The van der Waals surface area contributed by atoms with Crippen LogP contribution in [-0.2, 0) is 4.74 Å². The van der Waals surface area contributed by atoms with Gasteiger partial charge in [0.25, 0.3) is 0 Å². The Bertz CT molecular complexity index is 1200. The minimum Gasteiger partial charge on any atom is -0.457 e. The number of rotatable bonds is 9. The van der Waals surface area contributed by atoms with Crippen molar-refractivity contribution in [2.24, 2.45) is 0 Å². The Morgan fingerprint density at radius 2 is 1.70 bits per heavy atom. The molecule has 2 aromatic carbocycles. The van der Waals surface area contributed by atoms with E-state index in [4.69, 9.17) is 20.0 Å². The summed E-state index contributed by atoms with van der Waals surface area (Å²) in [6, 6.07) is 18.9. The summed E-state index contributed by atoms with van der Waals surface area (Å²) in [5, 5.41) is 24.3. The van der Waals surface area contributed by atoms with Crippen molar-refractivity contribution in [1.82, 2.24) is 4.98 Å². The lowest BCUT2D eigenvalue weighted by atomic mass is 10.1. The SMILES string of the molecule is COCCNc1cc(Oc2c(C)cc(/C=C/C#N)cc2C)cc(Nc2ccc(C#N)cc2)n1.